The third-order valence-corrected chi connectivity index (χ3v) is 2.44. The van der Waals surface area contributed by atoms with E-state index in [1.165, 1.54) is 0 Å². The minimum atomic E-state index is -0.964. The average molecular weight is 179 g/mol. The highest BCUT2D eigenvalue weighted by atomic mass is 16.5. The molecule has 0 saturated heterocycles. The van der Waals surface area contributed by atoms with Gasteiger partial charge in [-0.3, -0.25) is 0 Å². The van der Waals surface area contributed by atoms with E-state index in [2.05, 4.69) is 0 Å². The van der Waals surface area contributed by atoms with Crippen LogP contribution in [0.2, 0.25) is 0 Å². The van der Waals surface area contributed by atoms with E-state index in [1.54, 1.807) is 6.92 Å². The van der Waals surface area contributed by atoms with Crippen molar-refractivity contribution in [3.05, 3.63) is 29.8 Å². The quantitative estimate of drug-likeness (QED) is 0.620. The van der Waals surface area contributed by atoms with Crippen LogP contribution in [0.25, 0.3) is 0 Å². The van der Waals surface area contributed by atoms with Crippen molar-refractivity contribution in [2.24, 2.45) is 5.73 Å². The molecule has 1 aromatic rings. The van der Waals surface area contributed by atoms with Gasteiger partial charge < -0.3 is 15.6 Å². The monoisotopic (exact) mass is 179 g/mol. The highest BCUT2D eigenvalue weighted by molar-refractivity contribution is 5.39. The van der Waals surface area contributed by atoms with E-state index in [0.717, 1.165) is 11.3 Å². The zero-order chi connectivity index (χ0) is 9.47. The summed E-state index contributed by atoms with van der Waals surface area (Å²) in [5.74, 6) is 0.779. The lowest BCUT2D eigenvalue weighted by Crippen LogP contribution is -2.46. The molecule has 1 heterocycles. The van der Waals surface area contributed by atoms with Crippen molar-refractivity contribution in [3.63, 3.8) is 0 Å². The molecule has 1 aliphatic rings. The number of rotatable bonds is 0. The molecule has 0 radical (unpaired) electrons. The first-order chi connectivity index (χ1) is 6.11. The van der Waals surface area contributed by atoms with Crippen molar-refractivity contribution >= 4 is 0 Å². The van der Waals surface area contributed by atoms with Crippen molar-refractivity contribution in [3.8, 4) is 5.75 Å². The van der Waals surface area contributed by atoms with Crippen LogP contribution in [0.3, 0.4) is 0 Å². The van der Waals surface area contributed by atoms with Gasteiger partial charge in [0.15, 0.2) is 0 Å². The van der Waals surface area contributed by atoms with Crippen LogP contribution in [-0.4, -0.2) is 17.3 Å². The van der Waals surface area contributed by atoms with Gasteiger partial charge in [-0.05, 0) is 13.0 Å². The van der Waals surface area contributed by atoms with Crippen LogP contribution in [-0.2, 0) is 0 Å². The Morgan fingerprint density at radius 2 is 2.23 bits per heavy atom. The molecule has 1 aliphatic heterocycles. The molecule has 0 bridgehead atoms. The molecular weight excluding hydrogens is 166 g/mol. The van der Waals surface area contributed by atoms with Crippen molar-refractivity contribution < 1.29 is 9.84 Å². The SMILES string of the molecule is C[C@]1(O)COc2ccccc2[C@H]1N. The molecule has 70 valence electrons. The van der Waals surface area contributed by atoms with E-state index in [1.807, 2.05) is 24.3 Å². The maximum Gasteiger partial charge on any atom is 0.124 e. The van der Waals surface area contributed by atoms with Crippen LogP contribution in [0.5, 0.6) is 5.75 Å². The Hall–Kier alpha value is -1.06. The van der Waals surface area contributed by atoms with Gasteiger partial charge in [-0.25, -0.2) is 0 Å². The maximum atomic E-state index is 9.84. The van der Waals surface area contributed by atoms with E-state index in [0.29, 0.717) is 0 Å². The fourth-order valence-electron chi connectivity index (χ4n) is 1.52. The number of benzene rings is 1. The smallest absolute Gasteiger partial charge is 0.124 e. The molecule has 0 amide bonds. The lowest BCUT2D eigenvalue weighted by atomic mass is 9.89. The first-order valence-electron chi connectivity index (χ1n) is 4.31. The Labute approximate surface area is 77.1 Å². The number of hydrogen-bond donors (Lipinski definition) is 2. The van der Waals surface area contributed by atoms with Crippen molar-refractivity contribution in [2.75, 3.05) is 6.61 Å². The molecule has 1 aromatic carbocycles. The van der Waals surface area contributed by atoms with Gasteiger partial charge in [-0.2, -0.15) is 0 Å². The predicted octanol–water partition coefficient (Wildman–Crippen LogP) is 0.830. The lowest BCUT2D eigenvalue weighted by Gasteiger charge is -2.35. The number of fused-ring (bicyclic) bond motifs is 1. The molecule has 0 spiro atoms. The van der Waals surface area contributed by atoms with Crippen LogP contribution in [0.4, 0.5) is 0 Å². The first kappa shape index (κ1) is 8.53. The molecule has 0 saturated carbocycles. The van der Waals surface area contributed by atoms with Crippen LogP contribution >= 0.6 is 0 Å². The van der Waals surface area contributed by atoms with E-state index >= 15 is 0 Å². The second kappa shape index (κ2) is 2.72. The van der Waals surface area contributed by atoms with Crippen LogP contribution in [0, 0.1) is 0 Å². The second-order valence-corrected chi connectivity index (χ2v) is 3.66. The molecule has 13 heavy (non-hydrogen) atoms. The average Bonchev–Trinajstić information content (AvgIpc) is 2.13. The maximum absolute atomic E-state index is 9.84. The number of hydrogen-bond acceptors (Lipinski definition) is 3. The number of para-hydroxylation sites is 1. The largest absolute Gasteiger partial charge is 0.490 e. The zero-order valence-corrected chi connectivity index (χ0v) is 7.53. The molecule has 0 aromatic heterocycles. The zero-order valence-electron chi connectivity index (χ0n) is 7.53. The van der Waals surface area contributed by atoms with Gasteiger partial charge in [0.1, 0.15) is 18.0 Å². The van der Waals surface area contributed by atoms with Crippen LogP contribution < -0.4 is 10.5 Å². The number of aliphatic hydroxyl groups is 1. The van der Waals surface area contributed by atoms with Gasteiger partial charge in [0.2, 0.25) is 0 Å². The van der Waals surface area contributed by atoms with Crippen LogP contribution in [0.1, 0.15) is 18.5 Å². The molecule has 3 N–H and O–H groups in total. The Kier molecular flexibility index (Phi) is 1.78. The number of nitrogens with two attached hydrogens (primary N) is 1. The molecule has 2 rings (SSSR count). The summed E-state index contributed by atoms with van der Waals surface area (Å²) in [7, 11) is 0. The second-order valence-electron chi connectivity index (χ2n) is 3.66. The Bertz CT molecular complexity index is 322. The van der Waals surface area contributed by atoms with E-state index in [4.69, 9.17) is 10.5 Å². The number of ether oxygens (including phenoxy) is 1. The Morgan fingerprint density at radius 1 is 1.54 bits per heavy atom. The fraction of sp³-hybridized carbons (Fsp3) is 0.400. The van der Waals surface area contributed by atoms with Gasteiger partial charge in [0, 0.05) is 5.56 Å². The summed E-state index contributed by atoms with van der Waals surface area (Å²) in [6.07, 6.45) is 0. The summed E-state index contributed by atoms with van der Waals surface area (Å²) in [6, 6.07) is 7.17. The molecule has 3 nitrogen and oxygen atoms in total. The van der Waals surface area contributed by atoms with Crippen molar-refractivity contribution in [1.29, 1.82) is 0 Å². The van der Waals surface area contributed by atoms with E-state index in [9.17, 15) is 5.11 Å². The van der Waals surface area contributed by atoms with Gasteiger partial charge >= 0.3 is 0 Å². The van der Waals surface area contributed by atoms with E-state index in [-0.39, 0.29) is 12.6 Å². The molecule has 0 aliphatic carbocycles. The minimum absolute atomic E-state index is 0.255. The molecule has 3 heteroatoms. The summed E-state index contributed by atoms with van der Waals surface area (Å²) in [5, 5.41) is 9.84. The van der Waals surface area contributed by atoms with Gasteiger partial charge in [-0.1, -0.05) is 18.2 Å². The summed E-state index contributed by atoms with van der Waals surface area (Å²) in [6.45, 7) is 1.94. The Morgan fingerprint density at radius 3 is 3.00 bits per heavy atom. The summed E-state index contributed by atoms with van der Waals surface area (Å²) >= 11 is 0. The fourth-order valence-corrected chi connectivity index (χ4v) is 1.52. The highest BCUT2D eigenvalue weighted by Crippen LogP contribution is 2.35. The predicted molar refractivity (Wildman–Crippen MR) is 49.5 cm³/mol. The van der Waals surface area contributed by atoms with Crippen molar-refractivity contribution in [1.82, 2.24) is 0 Å². The third-order valence-electron chi connectivity index (χ3n) is 2.44. The first-order valence-corrected chi connectivity index (χ1v) is 4.31. The highest BCUT2D eigenvalue weighted by Gasteiger charge is 2.36. The van der Waals surface area contributed by atoms with E-state index < -0.39 is 5.60 Å². The molecular formula is C10H13NO2. The molecule has 2 atom stereocenters. The standard InChI is InChI=1S/C10H13NO2/c1-10(12)6-13-8-5-3-2-4-7(8)9(10)11/h2-5,9,12H,6,11H2,1H3/t9-,10+/m1/s1. The summed E-state index contributed by atoms with van der Waals surface area (Å²) in [4.78, 5) is 0. The topological polar surface area (TPSA) is 55.5 Å². The molecule has 0 unspecified atom stereocenters. The van der Waals surface area contributed by atoms with Gasteiger partial charge in [0.25, 0.3) is 0 Å². The summed E-state index contributed by atoms with van der Waals surface area (Å²) in [5.41, 5.74) is 5.80. The third kappa shape index (κ3) is 1.30. The van der Waals surface area contributed by atoms with Crippen molar-refractivity contribution in [2.45, 2.75) is 18.6 Å². The molecule has 0 fully saturated rings. The summed E-state index contributed by atoms with van der Waals surface area (Å²) < 4.78 is 5.38. The van der Waals surface area contributed by atoms with Gasteiger partial charge in [0.05, 0.1) is 6.04 Å². The minimum Gasteiger partial charge on any atom is -0.490 e. The van der Waals surface area contributed by atoms with Crippen LogP contribution in [0.15, 0.2) is 24.3 Å². The van der Waals surface area contributed by atoms with Gasteiger partial charge in [-0.15, -0.1) is 0 Å². The normalized spacial score (nSPS) is 32.1. The Balaban J connectivity index is 2.45. The lowest BCUT2D eigenvalue weighted by molar-refractivity contribution is -0.0248.